The molecule has 4 aromatic heterocycles. The van der Waals surface area contributed by atoms with Gasteiger partial charge in [0.25, 0.3) is 0 Å². The quantitative estimate of drug-likeness (QED) is 0.0711. The van der Waals surface area contributed by atoms with E-state index in [1.165, 1.54) is 116 Å². The van der Waals surface area contributed by atoms with Gasteiger partial charge in [-0.3, -0.25) is 0 Å². The SMILES string of the molecule is CCCCCCCCCCCCc1ccc(-c2ccc(-c3ccc(-c4ccc(C/C=C(\C)CCC=C(C)C)s4)s3)s2)s1. The second kappa shape index (κ2) is 18.2. The van der Waals surface area contributed by atoms with E-state index in [1.54, 1.807) is 4.88 Å². The van der Waals surface area contributed by atoms with Crippen molar-refractivity contribution in [2.24, 2.45) is 0 Å². The molecule has 0 bridgehead atoms. The molecule has 0 amide bonds. The molecule has 4 heteroatoms. The first kappa shape index (κ1) is 33.2. The van der Waals surface area contributed by atoms with Crippen molar-refractivity contribution in [1.29, 1.82) is 0 Å². The first-order valence-electron chi connectivity index (χ1n) is 16.2. The Kier molecular flexibility index (Phi) is 14.4. The Morgan fingerprint density at radius 1 is 0.524 bits per heavy atom. The van der Waals surface area contributed by atoms with Gasteiger partial charge in [-0.25, -0.2) is 0 Å². The second-order valence-corrected chi connectivity index (χ2v) is 16.4. The molecule has 0 aromatic carbocycles. The van der Waals surface area contributed by atoms with Crippen molar-refractivity contribution in [3.63, 3.8) is 0 Å². The normalized spacial score (nSPS) is 11.9. The van der Waals surface area contributed by atoms with Crippen LogP contribution in [0.25, 0.3) is 29.3 Å². The molecule has 0 saturated carbocycles. The van der Waals surface area contributed by atoms with Gasteiger partial charge in [0.05, 0.1) is 0 Å². The van der Waals surface area contributed by atoms with Crippen LogP contribution in [0.1, 0.15) is 114 Å². The molecule has 4 heterocycles. The van der Waals surface area contributed by atoms with E-state index in [9.17, 15) is 0 Å². The van der Waals surface area contributed by atoms with E-state index in [2.05, 4.69) is 88.4 Å². The van der Waals surface area contributed by atoms with E-state index >= 15 is 0 Å². The topological polar surface area (TPSA) is 0 Å². The van der Waals surface area contributed by atoms with Crippen LogP contribution >= 0.6 is 45.3 Å². The lowest BCUT2D eigenvalue weighted by atomic mass is 10.1. The van der Waals surface area contributed by atoms with Crippen LogP contribution in [0.15, 0.2) is 71.8 Å². The fraction of sp³-hybridized carbons (Fsp3) is 0.474. The van der Waals surface area contributed by atoms with Crippen LogP contribution < -0.4 is 0 Å². The van der Waals surface area contributed by atoms with Gasteiger partial charge in [0, 0.05) is 39.0 Å². The summed E-state index contributed by atoms with van der Waals surface area (Å²) in [5.41, 5.74) is 2.90. The first-order chi connectivity index (χ1) is 20.5. The van der Waals surface area contributed by atoms with Crippen molar-refractivity contribution in [3.8, 4) is 29.3 Å². The van der Waals surface area contributed by atoms with Crippen molar-refractivity contribution in [3.05, 3.63) is 81.6 Å². The van der Waals surface area contributed by atoms with Gasteiger partial charge in [-0.2, -0.15) is 0 Å². The van der Waals surface area contributed by atoms with Crippen molar-refractivity contribution in [2.45, 2.75) is 118 Å². The molecule has 42 heavy (non-hydrogen) atoms. The van der Waals surface area contributed by atoms with Crippen LogP contribution in [0, 0.1) is 0 Å². The van der Waals surface area contributed by atoms with Crippen molar-refractivity contribution in [1.82, 2.24) is 0 Å². The van der Waals surface area contributed by atoms with Crippen LogP contribution in [-0.4, -0.2) is 0 Å². The zero-order valence-corrected chi connectivity index (χ0v) is 29.6. The van der Waals surface area contributed by atoms with E-state index in [4.69, 9.17) is 0 Å². The van der Waals surface area contributed by atoms with Gasteiger partial charge >= 0.3 is 0 Å². The van der Waals surface area contributed by atoms with Crippen LogP contribution in [0.3, 0.4) is 0 Å². The number of hydrogen-bond acceptors (Lipinski definition) is 4. The fourth-order valence-corrected chi connectivity index (χ4v) is 9.52. The highest BCUT2D eigenvalue weighted by molar-refractivity contribution is 7.28. The highest BCUT2D eigenvalue weighted by Crippen LogP contribution is 2.43. The molecule has 0 spiro atoms. The van der Waals surface area contributed by atoms with Crippen LogP contribution in [0.2, 0.25) is 0 Å². The van der Waals surface area contributed by atoms with Crippen molar-refractivity contribution < 1.29 is 0 Å². The molecular weight excluding hydrogens is 585 g/mol. The molecule has 0 radical (unpaired) electrons. The molecule has 0 N–H and O–H groups in total. The average molecular weight is 635 g/mol. The van der Waals surface area contributed by atoms with E-state index < -0.39 is 0 Å². The van der Waals surface area contributed by atoms with Gasteiger partial charge in [-0.05, 0) is 101 Å². The van der Waals surface area contributed by atoms with Gasteiger partial charge in [0.2, 0.25) is 0 Å². The van der Waals surface area contributed by atoms with Crippen molar-refractivity contribution >= 4 is 45.3 Å². The molecule has 0 saturated heterocycles. The maximum atomic E-state index is 2.41. The summed E-state index contributed by atoms with van der Waals surface area (Å²) in [7, 11) is 0. The molecule has 0 aliphatic carbocycles. The third-order valence-corrected chi connectivity index (χ3v) is 12.8. The summed E-state index contributed by atoms with van der Waals surface area (Å²) in [4.78, 5) is 11.4. The highest BCUT2D eigenvalue weighted by atomic mass is 32.1. The van der Waals surface area contributed by atoms with Gasteiger partial charge < -0.3 is 0 Å². The smallest absolute Gasteiger partial charge is 0.0449 e. The summed E-state index contributed by atoms with van der Waals surface area (Å²) < 4.78 is 0. The summed E-state index contributed by atoms with van der Waals surface area (Å²) in [6.07, 6.45) is 23.4. The minimum Gasteiger partial charge on any atom is -0.139 e. The number of allylic oxidation sites excluding steroid dienone is 4. The Balaban J connectivity index is 1.22. The van der Waals surface area contributed by atoms with Gasteiger partial charge in [0.15, 0.2) is 0 Å². The Labute approximate surface area is 272 Å². The number of aryl methyl sites for hydroxylation is 1. The maximum absolute atomic E-state index is 2.41. The summed E-state index contributed by atoms with van der Waals surface area (Å²) in [6.45, 7) is 8.92. The van der Waals surface area contributed by atoms with Gasteiger partial charge in [0.1, 0.15) is 0 Å². The molecule has 0 fully saturated rings. The molecule has 0 atom stereocenters. The first-order valence-corrected chi connectivity index (χ1v) is 19.5. The molecule has 0 aliphatic rings. The van der Waals surface area contributed by atoms with E-state index in [-0.39, 0.29) is 0 Å². The van der Waals surface area contributed by atoms with E-state index in [1.807, 2.05) is 45.3 Å². The summed E-state index contributed by atoms with van der Waals surface area (Å²) in [6, 6.07) is 18.6. The number of hydrogen-bond donors (Lipinski definition) is 0. The summed E-state index contributed by atoms with van der Waals surface area (Å²) in [5.74, 6) is 0. The second-order valence-electron chi connectivity index (χ2n) is 11.9. The van der Waals surface area contributed by atoms with Gasteiger partial charge in [-0.15, -0.1) is 45.3 Å². The van der Waals surface area contributed by atoms with E-state index in [0.717, 1.165) is 19.3 Å². The third kappa shape index (κ3) is 11.1. The predicted molar refractivity (Wildman–Crippen MR) is 196 cm³/mol. The highest BCUT2D eigenvalue weighted by Gasteiger charge is 2.12. The minimum absolute atomic E-state index is 1.04. The number of thiophene rings is 4. The fourth-order valence-electron chi connectivity index (χ4n) is 5.22. The Morgan fingerprint density at radius 3 is 1.52 bits per heavy atom. The molecule has 4 rings (SSSR count). The lowest BCUT2D eigenvalue weighted by Gasteiger charge is -2.02. The summed E-state index contributed by atoms with van der Waals surface area (Å²) in [5, 5.41) is 0. The third-order valence-electron chi connectivity index (χ3n) is 7.78. The van der Waals surface area contributed by atoms with Crippen LogP contribution in [0.4, 0.5) is 0 Å². The standard InChI is InChI=1S/C38H50S4/c1-5-6-7-8-9-10-11-12-13-14-18-31-21-23-33(39-31)35-25-27-37(41-35)38-28-26-36(42-38)34-24-22-32(40-34)20-19-30(4)17-15-16-29(2)3/h16,19,21-28H,5-15,17-18,20H2,1-4H3/b30-19+. The van der Waals surface area contributed by atoms with Gasteiger partial charge in [-0.1, -0.05) is 88.0 Å². The van der Waals surface area contributed by atoms with E-state index in [0.29, 0.717) is 0 Å². The zero-order chi connectivity index (χ0) is 29.6. The molecule has 0 aliphatic heterocycles. The Hall–Kier alpha value is -1.72. The van der Waals surface area contributed by atoms with Crippen molar-refractivity contribution in [2.75, 3.05) is 0 Å². The van der Waals surface area contributed by atoms with Crippen LogP contribution in [-0.2, 0) is 12.8 Å². The molecular formula is C38H50S4. The largest absolute Gasteiger partial charge is 0.139 e. The molecule has 4 aromatic rings. The maximum Gasteiger partial charge on any atom is 0.0449 e. The molecule has 226 valence electrons. The number of rotatable bonds is 19. The lowest BCUT2D eigenvalue weighted by Crippen LogP contribution is -1.84. The predicted octanol–water partition coefficient (Wildman–Crippen LogP) is 14.6. The van der Waals surface area contributed by atoms with Crippen LogP contribution in [0.5, 0.6) is 0 Å². The Bertz CT molecular complexity index is 1380. The summed E-state index contributed by atoms with van der Waals surface area (Å²) >= 11 is 7.82. The minimum atomic E-state index is 1.04. The zero-order valence-electron chi connectivity index (χ0n) is 26.3. The monoisotopic (exact) mass is 634 g/mol. The average Bonchev–Trinajstić information content (AvgIpc) is 3.78. The lowest BCUT2D eigenvalue weighted by molar-refractivity contribution is 0.557. The molecule has 0 unspecified atom stereocenters. The molecule has 0 nitrogen and oxygen atoms in total. The number of unbranched alkanes of at least 4 members (excludes halogenated alkanes) is 9. The Morgan fingerprint density at radius 2 is 0.976 bits per heavy atom.